The monoisotopic (exact) mass is 635 g/mol. The number of pyridine rings is 1. The van der Waals surface area contributed by atoms with Crippen LogP contribution in [-0.4, -0.2) is 93.4 Å². The molecule has 4 aromatic heterocycles. The molecule has 0 aliphatic carbocycles. The van der Waals surface area contributed by atoms with Gasteiger partial charge >= 0.3 is 0 Å². The molecule has 6 rings (SSSR count). The summed E-state index contributed by atoms with van der Waals surface area (Å²) in [5.74, 6) is 0.722. The number of carbonyl (C=O) groups is 1. The van der Waals surface area contributed by atoms with Crippen molar-refractivity contribution in [3.63, 3.8) is 0 Å². The lowest BCUT2D eigenvalue weighted by molar-refractivity contribution is -0.117. The van der Waals surface area contributed by atoms with Gasteiger partial charge in [0.15, 0.2) is 0 Å². The molecule has 0 aliphatic rings. The van der Waals surface area contributed by atoms with Gasteiger partial charge in [0.25, 0.3) is 0 Å². The Kier molecular flexibility index (Phi) is 9.11. The number of hydrogen-bond donors (Lipinski definition) is 2. The third kappa shape index (κ3) is 6.92. The second-order valence-electron chi connectivity index (χ2n) is 11.3. The molecule has 4 heterocycles. The molecule has 0 atom stereocenters. The number of fused-ring (bicyclic) bond motifs is 2. The molecule has 242 valence electrons. The van der Waals surface area contributed by atoms with E-state index >= 15 is 0 Å². The van der Waals surface area contributed by atoms with E-state index in [0.29, 0.717) is 34.2 Å². The van der Waals surface area contributed by atoms with E-state index in [4.69, 9.17) is 14.6 Å². The van der Waals surface area contributed by atoms with Crippen LogP contribution in [0.15, 0.2) is 73.2 Å². The van der Waals surface area contributed by atoms with E-state index in [2.05, 4.69) is 63.6 Å². The van der Waals surface area contributed by atoms with Crippen LogP contribution in [0.5, 0.6) is 5.75 Å². The van der Waals surface area contributed by atoms with Crippen LogP contribution in [0.4, 0.5) is 23.0 Å². The molecule has 0 aliphatic heterocycles. The van der Waals surface area contributed by atoms with Gasteiger partial charge in [-0.05, 0) is 49.6 Å². The van der Waals surface area contributed by atoms with E-state index in [1.165, 1.54) is 4.85 Å². The van der Waals surface area contributed by atoms with E-state index in [1.54, 1.807) is 31.6 Å². The topological polar surface area (TPSA) is 140 Å². The Balaban J connectivity index is 1.25. The van der Waals surface area contributed by atoms with E-state index in [1.807, 2.05) is 58.5 Å². The first-order valence-electron chi connectivity index (χ1n) is 15.1. The molecular formula is C33H37N11O3. The third-order valence-electron chi connectivity index (χ3n) is 7.68. The summed E-state index contributed by atoms with van der Waals surface area (Å²) in [6.45, 7) is 1.61. The average Bonchev–Trinajstić information content (AvgIpc) is 3.64. The first kappa shape index (κ1) is 31.2. The molecule has 14 nitrogen and oxygen atoms in total. The highest BCUT2D eigenvalue weighted by molar-refractivity contribution is 5.97. The number of likely N-dealkylation sites (N-methyl/N-ethyl adjacent to an activating group) is 2. The van der Waals surface area contributed by atoms with Crippen molar-refractivity contribution < 1.29 is 14.4 Å². The third-order valence-corrected chi connectivity index (χ3v) is 7.68. The number of methoxy groups -OCH3 is 1. The van der Waals surface area contributed by atoms with Crippen molar-refractivity contribution in [1.29, 1.82) is 0 Å². The highest BCUT2D eigenvalue weighted by atomic mass is 16.7. The Morgan fingerprint density at radius 2 is 1.83 bits per heavy atom. The van der Waals surface area contributed by atoms with Crippen LogP contribution in [0.1, 0.15) is 6.42 Å². The lowest BCUT2D eigenvalue weighted by Gasteiger charge is -2.26. The predicted octanol–water partition coefficient (Wildman–Crippen LogP) is 3.98. The summed E-state index contributed by atoms with van der Waals surface area (Å²) in [5.41, 5.74) is 5.97. The fourth-order valence-electron chi connectivity index (χ4n) is 5.23. The molecule has 0 fully saturated rings. The van der Waals surface area contributed by atoms with Crippen molar-refractivity contribution in [2.24, 2.45) is 7.05 Å². The van der Waals surface area contributed by atoms with Gasteiger partial charge < -0.3 is 34.6 Å². The zero-order valence-electron chi connectivity index (χ0n) is 27.0. The maximum atomic E-state index is 13.2. The summed E-state index contributed by atoms with van der Waals surface area (Å²) in [4.78, 5) is 37.9. The Labute approximate surface area is 271 Å². The fourth-order valence-corrected chi connectivity index (χ4v) is 5.23. The predicted molar refractivity (Wildman–Crippen MR) is 182 cm³/mol. The molecule has 2 aromatic carbocycles. The second-order valence-corrected chi connectivity index (χ2v) is 11.3. The number of nitrogens with zero attached hydrogens (tertiary/aromatic N) is 9. The molecule has 47 heavy (non-hydrogen) atoms. The number of rotatable bonds is 13. The molecule has 2 N–H and O–H groups in total. The Morgan fingerprint density at radius 1 is 0.979 bits per heavy atom. The Morgan fingerprint density at radius 3 is 2.66 bits per heavy atom. The van der Waals surface area contributed by atoms with Gasteiger partial charge in [-0.2, -0.15) is 0 Å². The summed E-state index contributed by atoms with van der Waals surface area (Å²) in [6, 6.07) is 17.4. The summed E-state index contributed by atoms with van der Waals surface area (Å²) in [6.07, 6.45) is 5.49. The van der Waals surface area contributed by atoms with E-state index in [0.717, 1.165) is 40.9 Å². The normalized spacial score (nSPS) is 11.3. The van der Waals surface area contributed by atoms with E-state index in [-0.39, 0.29) is 18.9 Å². The summed E-state index contributed by atoms with van der Waals surface area (Å²) in [7, 11) is 9.64. The van der Waals surface area contributed by atoms with Crippen LogP contribution in [-0.2, 0) is 11.8 Å². The fraction of sp³-hybridized carbons (Fsp3) is 0.273. The number of carbonyl (C=O) groups excluding carboxylic acids is 1. The number of hydrogen-bond acceptors (Lipinski definition) is 11. The van der Waals surface area contributed by atoms with Crippen molar-refractivity contribution in [1.82, 2.24) is 39.6 Å². The number of ether oxygens (including phenoxy) is 1. The van der Waals surface area contributed by atoms with Gasteiger partial charge in [0.05, 0.1) is 36.3 Å². The van der Waals surface area contributed by atoms with Crippen molar-refractivity contribution in [2.45, 2.75) is 6.42 Å². The van der Waals surface area contributed by atoms with Crippen molar-refractivity contribution >= 4 is 51.0 Å². The zero-order chi connectivity index (χ0) is 32.9. The number of anilines is 4. The van der Waals surface area contributed by atoms with E-state index < -0.39 is 0 Å². The minimum Gasteiger partial charge on any atom is -0.494 e. The van der Waals surface area contributed by atoms with Crippen LogP contribution in [0.25, 0.3) is 33.3 Å². The van der Waals surface area contributed by atoms with Gasteiger partial charge in [-0.1, -0.05) is 23.0 Å². The summed E-state index contributed by atoms with van der Waals surface area (Å²) < 4.78 is 7.88. The van der Waals surface area contributed by atoms with Crippen LogP contribution in [0.3, 0.4) is 0 Å². The number of para-hydroxylation sites is 1. The molecule has 0 spiro atoms. The first-order chi connectivity index (χ1) is 22.8. The zero-order valence-corrected chi connectivity index (χ0v) is 27.0. The second kappa shape index (κ2) is 13.7. The smallest absolute Gasteiger partial charge is 0.227 e. The number of benzene rings is 2. The largest absolute Gasteiger partial charge is 0.494 e. The lowest BCUT2D eigenvalue weighted by atomic mass is 10.1. The Hall–Kier alpha value is -5.76. The van der Waals surface area contributed by atoms with Gasteiger partial charge in [0.1, 0.15) is 17.9 Å². The highest BCUT2D eigenvalue weighted by Crippen LogP contribution is 2.38. The minimum absolute atomic E-state index is 0.0695. The van der Waals surface area contributed by atoms with Gasteiger partial charge in [0.2, 0.25) is 17.5 Å². The number of nitrogens with one attached hydrogen (secondary N) is 2. The van der Waals surface area contributed by atoms with E-state index in [9.17, 15) is 4.79 Å². The van der Waals surface area contributed by atoms with Gasteiger partial charge in [-0.15, -0.1) is 5.10 Å². The molecule has 0 bridgehead atoms. The molecular weight excluding hydrogens is 598 g/mol. The number of aromatic nitrogens is 7. The van der Waals surface area contributed by atoms with Crippen LogP contribution >= 0.6 is 0 Å². The molecule has 0 unspecified atom stereocenters. The van der Waals surface area contributed by atoms with Crippen molar-refractivity contribution in [3.8, 4) is 17.0 Å². The van der Waals surface area contributed by atoms with Crippen molar-refractivity contribution in [3.05, 3.63) is 73.2 Å². The minimum atomic E-state index is -0.241. The maximum absolute atomic E-state index is 13.2. The molecule has 0 saturated carbocycles. The lowest BCUT2D eigenvalue weighted by Crippen LogP contribution is -2.29. The number of amides is 1. The van der Waals surface area contributed by atoms with Crippen LogP contribution in [0, 0.1) is 0 Å². The van der Waals surface area contributed by atoms with Crippen LogP contribution < -0.4 is 25.1 Å². The van der Waals surface area contributed by atoms with Crippen molar-refractivity contribution in [2.75, 3.05) is 63.5 Å². The number of aryl methyl sites for hydroxylation is 1. The van der Waals surface area contributed by atoms with Gasteiger partial charge in [0, 0.05) is 68.3 Å². The highest BCUT2D eigenvalue weighted by Gasteiger charge is 2.18. The maximum Gasteiger partial charge on any atom is 0.227 e. The molecule has 0 saturated heterocycles. The summed E-state index contributed by atoms with van der Waals surface area (Å²) in [5, 5.41) is 15.5. The SMILES string of the molecule is COc1cc(N(C)CCN(C)C)c(NC(=O)CCOn2nnc3cccnc32)cc1Nc1nccc(-c2cn(C)c3ccccc23)n1. The molecule has 14 heteroatoms. The molecule has 1 amide bonds. The Bertz CT molecular complexity index is 2020. The first-order valence-corrected chi connectivity index (χ1v) is 15.1. The van der Waals surface area contributed by atoms with Gasteiger partial charge in [-0.3, -0.25) is 4.79 Å². The standard InChI is InChI=1S/C33H37N11O3/c1-41(2)16-17-42(3)29-20-30(46-5)27(19-26(29)36-31(45)13-18-47-44-32-25(39-40-44)10-8-14-34-32)38-33-35-15-12-24(37-33)23-21-43(4)28-11-7-6-9-22(23)28/h6-12,14-15,19-21H,13,16-18H2,1-5H3,(H,36,45)(H,35,37,38). The quantitative estimate of drug-likeness (QED) is 0.190. The summed E-state index contributed by atoms with van der Waals surface area (Å²) >= 11 is 0. The molecule has 6 aromatic rings. The average molecular weight is 636 g/mol. The van der Waals surface area contributed by atoms with Crippen LogP contribution in [0.2, 0.25) is 0 Å². The van der Waals surface area contributed by atoms with Gasteiger partial charge in [-0.25, -0.2) is 15.0 Å². The molecule has 0 radical (unpaired) electrons.